The molecule has 134 valence electrons. The Kier molecular flexibility index (Phi) is 4.69. The van der Waals surface area contributed by atoms with Crippen LogP contribution in [0.25, 0.3) is 5.65 Å². The molecule has 6 nitrogen and oxygen atoms in total. The number of carbonyl (C=O) groups excluding carboxylic acids is 1. The maximum Gasteiger partial charge on any atom is 0.253 e. The number of nitrogens with zero attached hydrogens (tertiary/aromatic N) is 4. The second-order valence-corrected chi connectivity index (χ2v) is 6.67. The summed E-state index contributed by atoms with van der Waals surface area (Å²) in [6, 6.07) is 13.6. The van der Waals surface area contributed by atoms with Crippen molar-refractivity contribution >= 4 is 11.6 Å². The number of aromatic nitrogens is 2. The minimum atomic E-state index is 0.0981. The predicted octanol–water partition coefficient (Wildman–Crippen LogP) is 1.75. The van der Waals surface area contributed by atoms with Crippen molar-refractivity contribution < 1.29 is 4.79 Å². The van der Waals surface area contributed by atoms with Crippen molar-refractivity contribution in [2.75, 3.05) is 26.2 Å². The number of nitrogens with two attached hydrogens (primary N) is 1. The molecule has 1 amide bonds. The topological polar surface area (TPSA) is 66.9 Å². The molecule has 3 heterocycles. The number of fused-ring (bicyclic) bond motifs is 1. The van der Waals surface area contributed by atoms with Gasteiger partial charge in [-0.25, -0.2) is 4.98 Å². The molecule has 0 unspecified atom stereocenters. The van der Waals surface area contributed by atoms with Gasteiger partial charge in [0.15, 0.2) is 0 Å². The number of imidazole rings is 1. The lowest BCUT2D eigenvalue weighted by atomic mass is 10.1. The molecule has 0 saturated carbocycles. The third-order valence-corrected chi connectivity index (χ3v) is 4.90. The average molecular weight is 349 g/mol. The molecule has 0 bridgehead atoms. The fourth-order valence-corrected chi connectivity index (χ4v) is 3.37. The Labute approximate surface area is 152 Å². The van der Waals surface area contributed by atoms with Gasteiger partial charge in [0.05, 0.1) is 5.69 Å². The molecule has 1 aliphatic heterocycles. The second kappa shape index (κ2) is 7.27. The lowest BCUT2D eigenvalue weighted by Crippen LogP contribution is -2.48. The number of rotatable bonds is 4. The van der Waals surface area contributed by atoms with E-state index in [0.29, 0.717) is 6.54 Å². The monoisotopic (exact) mass is 349 g/mol. The third-order valence-electron chi connectivity index (χ3n) is 4.90. The molecule has 1 aliphatic rings. The molecule has 1 fully saturated rings. The quantitative estimate of drug-likeness (QED) is 0.779. The van der Waals surface area contributed by atoms with Gasteiger partial charge >= 0.3 is 0 Å². The molecule has 0 atom stereocenters. The zero-order valence-corrected chi connectivity index (χ0v) is 14.7. The fraction of sp³-hybridized carbons (Fsp3) is 0.300. The van der Waals surface area contributed by atoms with Crippen molar-refractivity contribution in [3.8, 4) is 0 Å². The fourth-order valence-electron chi connectivity index (χ4n) is 3.37. The molecule has 0 radical (unpaired) electrons. The van der Waals surface area contributed by atoms with Gasteiger partial charge in [-0.05, 0) is 29.8 Å². The zero-order valence-electron chi connectivity index (χ0n) is 14.7. The third kappa shape index (κ3) is 3.47. The summed E-state index contributed by atoms with van der Waals surface area (Å²) in [6.07, 6.45) is 4.09. The summed E-state index contributed by atoms with van der Waals surface area (Å²) in [5.41, 5.74) is 9.42. The van der Waals surface area contributed by atoms with Gasteiger partial charge in [-0.2, -0.15) is 0 Å². The first-order valence-electron chi connectivity index (χ1n) is 8.96. The standard InChI is InChI=1S/C20H23N5O/c21-13-16-4-6-17(7-5-16)20(26)24-11-9-23(10-12-24)14-18-15-25-8-2-1-3-19(25)22-18/h1-8,15H,9-14,21H2. The lowest BCUT2D eigenvalue weighted by molar-refractivity contribution is 0.0627. The van der Waals surface area contributed by atoms with Gasteiger partial charge in [0, 0.05) is 57.2 Å². The number of piperazine rings is 1. The van der Waals surface area contributed by atoms with Crippen molar-refractivity contribution in [2.45, 2.75) is 13.1 Å². The highest BCUT2D eigenvalue weighted by atomic mass is 16.2. The normalized spacial score (nSPS) is 15.5. The highest BCUT2D eigenvalue weighted by Crippen LogP contribution is 2.13. The minimum Gasteiger partial charge on any atom is -0.336 e. The smallest absolute Gasteiger partial charge is 0.253 e. The molecule has 1 aromatic carbocycles. The zero-order chi connectivity index (χ0) is 17.9. The molecule has 4 rings (SSSR count). The average Bonchev–Trinajstić information content (AvgIpc) is 3.10. The van der Waals surface area contributed by atoms with Gasteiger partial charge in [-0.1, -0.05) is 18.2 Å². The van der Waals surface area contributed by atoms with Gasteiger partial charge in [0.25, 0.3) is 5.91 Å². The van der Waals surface area contributed by atoms with Gasteiger partial charge in [0.2, 0.25) is 0 Å². The van der Waals surface area contributed by atoms with Crippen LogP contribution in [0, 0.1) is 0 Å². The molecule has 0 aliphatic carbocycles. The van der Waals surface area contributed by atoms with Crippen LogP contribution in [0.5, 0.6) is 0 Å². The van der Waals surface area contributed by atoms with Crippen LogP contribution in [0.3, 0.4) is 0 Å². The molecule has 2 N–H and O–H groups in total. The molecule has 2 aromatic heterocycles. The summed E-state index contributed by atoms with van der Waals surface area (Å²) in [5.74, 6) is 0.0981. The van der Waals surface area contributed by atoms with Crippen LogP contribution in [0.4, 0.5) is 0 Å². The van der Waals surface area contributed by atoms with E-state index in [-0.39, 0.29) is 5.91 Å². The maximum absolute atomic E-state index is 12.6. The Morgan fingerprint density at radius 2 is 1.81 bits per heavy atom. The van der Waals surface area contributed by atoms with Crippen LogP contribution >= 0.6 is 0 Å². The SMILES string of the molecule is NCc1ccc(C(=O)N2CCN(Cc3cn4ccccc4n3)CC2)cc1. The Balaban J connectivity index is 1.35. The van der Waals surface area contributed by atoms with Crippen molar-refractivity contribution in [2.24, 2.45) is 5.73 Å². The molecule has 6 heteroatoms. The maximum atomic E-state index is 12.6. The molecule has 3 aromatic rings. The Bertz CT molecular complexity index is 861. The summed E-state index contributed by atoms with van der Waals surface area (Å²) < 4.78 is 2.04. The van der Waals surface area contributed by atoms with Crippen molar-refractivity contribution in [3.05, 3.63) is 71.7 Å². The highest BCUT2D eigenvalue weighted by molar-refractivity contribution is 5.94. The summed E-state index contributed by atoms with van der Waals surface area (Å²) in [6.45, 7) is 4.52. The first-order chi connectivity index (χ1) is 12.7. The number of amides is 1. The number of hydrogen-bond acceptors (Lipinski definition) is 4. The van der Waals surface area contributed by atoms with E-state index in [0.717, 1.165) is 55.2 Å². The van der Waals surface area contributed by atoms with Gasteiger partial charge in [-0.15, -0.1) is 0 Å². The number of hydrogen-bond donors (Lipinski definition) is 1. The largest absolute Gasteiger partial charge is 0.336 e. The first kappa shape index (κ1) is 16.8. The lowest BCUT2D eigenvalue weighted by Gasteiger charge is -2.34. The highest BCUT2D eigenvalue weighted by Gasteiger charge is 2.22. The van der Waals surface area contributed by atoms with E-state index in [2.05, 4.69) is 16.1 Å². The van der Waals surface area contributed by atoms with E-state index in [1.165, 1.54) is 0 Å². The molecule has 1 saturated heterocycles. The van der Waals surface area contributed by atoms with E-state index in [1.54, 1.807) is 0 Å². The first-order valence-corrected chi connectivity index (χ1v) is 8.96. The molecular formula is C20H23N5O. The van der Waals surface area contributed by atoms with Crippen molar-refractivity contribution in [1.29, 1.82) is 0 Å². The number of carbonyl (C=O) groups is 1. The Morgan fingerprint density at radius 3 is 2.50 bits per heavy atom. The second-order valence-electron chi connectivity index (χ2n) is 6.67. The van der Waals surface area contributed by atoms with Crippen LogP contribution in [-0.4, -0.2) is 51.3 Å². The van der Waals surface area contributed by atoms with E-state index in [4.69, 9.17) is 5.73 Å². The van der Waals surface area contributed by atoms with E-state index in [9.17, 15) is 4.79 Å². The Hall–Kier alpha value is -2.70. The van der Waals surface area contributed by atoms with Crippen LogP contribution in [-0.2, 0) is 13.1 Å². The predicted molar refractivity (Wildman–Crippen MR) is 101 cm³/mol. The van der Waals surface area contributed by atoms with E-state index < -0.39 is 0 Å². The van der Waals surface area contributed by atoms with Crippen LogP contribution in [0.2, 0.25) is 0 Å². The van der Waals surface area contributed by atoms with Crippen molar-refractivity contribution in [1.82, 2.24) is 19.2 Å². The van der Waals surface area contributed by atoms with Crippen LogP contribution in [0.15, 0.2) is 54.9 Å². The molecule has 26 heavy (non-hydrogen) atoms. The van der Waals surface area contributed by atoms with Gasteiger partial charge in [-0.3, -0.25) is 9.69 Å². The minimum absolute atomic E-state index is 0.0981. The van der Waals surface area contributed by atoms with Crippen LogP contribution in [0.1, 0.15) is 21.6 Å². The van der Waals surface area contributed by atoms with Crippen molar-refractivity contribution in [3.63, 3.8) is 0 Å². The molecule has 0 spiro atoms. The van der Waals surface area contributed by atoms with E-state index >= 15 is 0 Å². The summed E-state index contributed by atoms with van der Waals surface area (Å²) in [5, 5.41) is 0. The summed E-state index contributed by atoms with van der Waals surface area (Å²) >= 11 is 0. The number of benzene rings is 1. The van der Waals surface area contributed by atoms with Crippen LogP contribution < -0.4 is 5.73 Å². The van der Waals surface area contributed by atoms with Gasteiger partial charge in [0.1, 0.15) is 5.65 Å². The number of pyridine rings is 1. The molecular weight excluding hydrogens is 326 g/mol. The summed E-state index contributed by atoms with van der Waals surface area (Å²) in [4.78, 5) is 21.6. The summed E-state index contributed by atoms with van der Waals surface area (Å²) in [7, 11) is 0. The Morgan fingerprint density at radius 1 is 1.04 bits per heavy atom. The van der Waals surface area contributed by atoms with Gasteiger partial charge < -0.3 is 15.0 Å². The van der Waals surface area contributed by atoms with E-state index in [1.807, 2.05) is 58.0 Å².